The smallest absolute Gasteiger partial charge is 0.416 e. The van der Waals surface area contributed by atoms with Crippen LogP contribution in [-0.2, 0) is 15.7 Å². The monoisotopic (exact) mass is 407 g/mol. The van der Waals surface area contributed by atoms with Crippen LogP contribution in [0.1, 0.15) is 37.9 Å². The summed E-state index contributed by atoms with van der Waals surface area (Å²) in [4.78, 5) is 38.1. The fraction of sp³-hybridized carbons (Fsp3) is 0.250. The minimum atomic E-state index is -4.55. The molecule has 6 nitrogen and oxygen atoms in total. The molecule has 0 saturated carbocycles. The van der Waals surface area contributed by atoms with Gasteiger partial charge in [-0.1, -0.05) is 24.3 Å². The molecule has 0 aromatic heterocycles. The summed E-state index contributed by atoms with van der Waals surface area (Å²) in [6.07, 6.45) is -6.14. The number of carbonyl (C=O) groups excluding carboxylic acids is 3. The van der Waals surface area contributed by atoms with Gasteiger partial charge in [0.2, 0.25) is 0 Å². The van der Waals surface area contributed by atoms with Crippen LogP contribution in [0.15, 0.2) is 48.5 Å². The number of rotatable bonds is 5. The first-order chi connectivity index (χ1) is 13.6. The van der Waals surface area contributed by atoms with Gasteiger partial charge in [-0.2, -0.15) is 13.2 Å². The molecule has 2 amide bonds. The molecular weight excluding hydrogens is 391 g/mol. The van der Waals surface area contributed by atoms with Crippen molar-refractivity contribution in [2.24, 2.45) is 5.92 Å². The molecular formula is C20H16F3NO5. The SMILES string of the molecule is COC(=O)[C@@H](CN1C(=O)c2ccccc2C1=O)[C@@H](O)c1ccc(C(F)(F)F)cc1. The van der Waals surface area contributed by atoms with Crippen LogP contribution < -0.4 is 0 Å². The number of benzene rings is 2. The quantitative estimate of drug-likeness (QED) is 0.609. The lowest BCUT2D eigenvalue weighted by molar-refractivity contribution is -0.150. The molecule has 0 fully saturated rings. The summed E-state index contributed by atoms with van der Waals surface area (Å²) in [6, 6.07) is 9.72. The normalized spacial score (nSPS) is 15.8. The Bertz CT molecular complexity index is 920. The number of aliphatic hydroxyl groups excluding tert-OH is 1. The highest BCUT2D eigenvalue weighted by Crippen LogP contribution is 2.32. The van der Waals surface area contributed by atoms with Crippen molar-refractivity contribution in [3.05, 3.63) is 70.8 Å². The highest BCUT2D eigenvalue weighted by atomic mass is 19.4. The first kappa shape index (κ1) is 20.5. The molecule has 2 aromatic carbocycles. The van der Waals surface area contributed by atoms with E-state index in [1.807, 2.05) is 0 Å². The average Bonchev–Trinajstić information content (AvgIpc) is 2.95. The highest BCUT2D eigenvalue weighted by Gasteiger charge is 2.40. The topological polar surface area (TPSA) is 83.9 Å². The molecule has 29 heavy (non-hydrogen) atoms. The van der Waals surface area contributed by atoms with E-state index in [4.69, 9.17) is 0 Å². The predicted octanol–water partition coefficient (Wildman–Crippen LogP) is 2.82. The molecule has 0 spiro atoms. The van der Waals surface area contributed by atoms with E-state index in [2.05, 4.69) is 4.74 Å². The lowest BCUT2D eigenvalue weighted by Crippen LogP contribution is -2.40. The van der Waals surface area contributed by atoms with Crippen LogP contribution in [0.3, 0.4) is 0 Å². The zero-order chi connectivity index (χ0) is 21.3. The van der Waals surface area contributed by atoms with Gasteiger partial charge >= 0.3 is 12.1 Å². The van der Waals surface area contributed by atoms with Crippen molar-refractivity contribution in [3.8, 4) is 0 Å². The van der Waals surface area contributed by atoms with Crippen molar-refractivity contribution >= 4 is 17.8 Å². The van der Waals surface area contributed by atoms with Gasteiger partial charge in [0, 0.05) is 6.54 Å². The Balaban J connectivity index is 1.87. The lowest BCUT2D eigenvalue weighted by Gasteiger charge is -2.25. The van der Waals surface area contributed by atoms with Crippen molar-refractivity contribution in [1.82, 2.24) is 4.90 Å². The van der Waals surface area contributed by atoms with Gasteiger partial charge in [0.1, 0.15) is 5.92 Å². The van der Waals surface area contributed by atoms with Gasteiger partial charge in [-0.15, -0.1) is 0 Å². The van der Waals surface area contributed by atoms with Crippen LogP contribution in [-0.4, -0.2) is 41.4 Å². The maximum Gasteiger partial charge on any atom is 0.416 e. The number of nitrogens with zero attached hydrogens (tertiary/aromatic N) is 1. The number of hydrogen-bond donors (Lipinski definition) is 1. The molecule has 0 bridgehead atoms. The summed E-state index contributed by atoms with van der Waals surface area (Å²) in [7, 11) is 1.07. The molecule has 1 aliphatic heterocycles. The van der Waals surface area contributed by atoms with Gasteiger partial charge < -0.3 is 9.84 Å². The zero-order valence-electron chi connectivity index (χ0n) is 15.1. The second-order valence-electron chi connectivity index (χ2n) is 6.46. The third-order valence-electron chi connectivity index (χ3n) is 4.72. The highest BCUT2D eigenvalue weighted by molar-refractivity contribution is 6.21. The number of imide groups is 1. The summed E-state index contributed by atoms with van der Waals surface area (Å²) in [5.74, 6) is -3.54. The van der Waals surface area contributed by atoms with E-state index in [9.17, 15) is 32.7 Å². The van der Waals surface area contributed by atoms with Crippen molar-refractivity contribution in [1.29, 1.82) is 0 Å². The van der Waals surface area contributed by atoms with Crippen molar-refractivity contribution in [3.63, 3.8) is 0 Å². The molecule has 9 heteroatoms. The third-order valence-corrected chi connectivity index (χ3v) is 4.72. The maximum absolute atomic E-state index is 12.7. The molecule has 0 saturated heterocycles. The summed E-state index contributed by atoms with van der Waals surface area (Å²) < 4.78 is 42.9. The van der Waals surface area contributed by atoms with Gasteiger partial charge in [0.25, 0.3) is 11.8 Å². The summed E-state index contributed by atoms with van der Waals surface area (Å²) >= 11 is 0. The van der Waals surface area contributed by atoms with E-state index in [0.29, 0.717) is 0 Å². The summed E-state index contributed by atoms with van der Waals surface area (Å²) in [6.45, 7) is -0.485. The second kappa shape index (κ2) is 7.67. The fourth-order valence-corrected chi connectivity index (χ4v) is 3.16. The van der Waals surface area contributed by atoms with Gasteiger partial charge in [-0.25, -0.2) is 0 Å². The number of hydrogen-bond acceptors (Lipinski definition) is 5. The Kier molecular flexibility index (Phi) is 5.43. The predicted molar refractivity (Wildman–Crippen MR) is 93.7 cm³/mol. The molecule has 3 rings (SSSR count). The maximum atomic E-state index is 12.7. The standard InChI is InChI=1S/C20H16F3NO5/c1-29-19(28)15(16(25)11-6-8-12(9-7-11)20(21,22)23)10-24-17(26)13-4-2-3-5-14(13)18(24)27/h2-9,15-16,25H,10H2,1H3/t15-,16-/m0/s1. The summed E-state index contributed by atoms with van der Waals surface area (Å²) in [5.41, 5.74) is -0.552. The molecule has 0 aliphatic carbocycles. The Morgan fingerprint density at radius 3 is 2.00 bits per heavy atom. The van der Waals surface area contributed by atoms with Crippen LogP contribution in [0.25, 0.3) is 0 Å². The van der Waals surface area contributed by atoms with Gasteiger partial charge in [0.15, 0.2) is 0 Å². The fourth-order valence-electron chi connectivity index (χ4n) is 3.16. The molecule has 1 heterocycles. The van der Waals surface area contributed by atoms with E-state index >= 15 is 0 Å². The molecule has 2 atom stereocenters. The number of fused-ring (bicyclic) bond motifs is 1. The number of ether oxygens (including phenoxy) is 1. The molecule has 0 radical (unpaired) electrons. The minimum absolute atomic E-state index is 0.0185. The van der Waals surface area contributed by atoms with Crippen LogP contribution >= 0.6 is 0 Å². The van der Waals surface area contributed by atoms with Crippen LogP contribution in [0, 0.1) is 5.92 Å². The molecule has 0 unspecified atom stereocenters. The number of methoxy groups -OCH3 is 1. The Morgan fingerprint density at radius 2 is 1.55 bits per heavy atom. The first-order valence-electron chi connectivity index (χ1n) is 8.53. The number of aliphatic hydroxyl groups is 1. The minimum Gasteiger partial charge on any atom is -0.469 e. The Morgan fingerprint density at radius 1 is 1.03 bits per heavy atom. The van der Waals surface area contributed by atoms with E-state index in [0.717, 1.165) is 36.3 Å². The van der Waals surface area contributed by atoms with Gasteiger partial charge in [-0.3, -0.25) is 19.3 Å². The Hall–Kier alpha value is -3.20. The van der Waals surface area contributed by atoms with E-state index in [1.165, 1.54) is 12.1 Å². The number of alkyl halides is 3. The molecule has 2 aromatic rings. The van der Waals surface area contributed by atoms with Crippen molar-refractivity contribution in [2.45, 2.75) is 12.3 Å². The number of carbonyl (C=O) groups is 3. The van der Waals surface area contributed by atoms with Crippen LogP contribution in [0.2, 0.25) is 0 Å². The number of halogens is 3. The molecule has 1 N–H and O–H groups in total. The molecule has 152 valence electrons. The Labute approximate surface area is 163 Å². The van der Waals surface area contributed by atoms with E-state index < -0.39 is 48.1 Å². The summed E-state index contributed by atoms with van der Waals surface area (Å²) in [5, 5.41) is 10.6. The second-order valence-corrected chi connectivity index (χ2v) is 6.46. The number of amides is 2. The number of esters is 1. The lowest BCUT2D eigenvalue weighted by atomic mass is 9.94. The van der Waals surface area contributed by atoms with Gasteiger partial charge in [-0.05, 0) is 29.8 Å². The largest absolute Gasteiger partial charge is 0.469 e. The van der Waals surface area contributed by atoms with Gasteiger partial charge in [0.05, 0.1) is 29.9 Å². The first-order valence-corrected chi connectivity index (χ1v) is 8.53. The third kappa shape index (κ3) is 3.86. The van der Waals surface area contributed by atoms with Crippen molar-refractivity contribution < 1.29 is 37.4 Å². The van der Waals surface area contributed by atoms with Crippen molar-refractivity contribution in [2.75, 3.05) is 13.7 Å². The molecule has 1 aliphatic rings. The average molecular weight is 407 g/mol. The van der Waals surface area contributed by atoms with E-state index in [1.54, 1.807) is 12.1 Å². The van der Waals surface area contributed by atoms with Crippen LogP contribution in [0.5, 0.6) is 0 Å². The zero-order valence-corrected chi connectivity index (χ0v) is 15.1. The van der Waals surface area contributed by atoms with E-state index in [-0.39, 0.29) is 16.7 Å². The van der Waals surface area contributed by atoms with Crippen LogP contribution in [0.4, 0.5) is 13.2 Å².